The second-order valence-electron chi connectivity index (χ2n) is 2.97. The molecule has 0 spiro atoms. The van der Waals surface area contributed by atoms with Gasteiger partial charge in [-0.1, -0.05) is 0 Å². The van der Waals surface area contributed by atoms with E-state index in [1.807, 2.05) is 18.6 Å². The number of hydrogen-bond acceptors (Lipinski definition) is 3. The Kier molecular flexibility index (Phi) is 2.48. The van der Waals surface area contributed by atoms with Crippen LogP contribution in [0.25, 0.3) is 0 Å². The molecular formula is C9H13N5. The van der Waals surface area contributed by atoms with Gasteiger partial charge < -0.3 is 9.88 Å². The van der Waals surface area contributed by atoms with Gasteiger partial charge in [-0.25, -0.2) is 4.98 Å². The van der Waals surface area contributed by atoms with Crippen LogP contribution in [0.1, 0.15) is 12.7 Å². The van der Waals surface area contributed by atoms with Crippen LogP contribution in [0.2, 0.25) is 0 Å². The van der Waals surface area contributed by atoms with Gasteiger partial charge in [0.15, 0.2) is 0 Å². The van der Waals surface area contributed by atoms with E-state index in [-0.39, 0.29) is 0 Å². The second-order valence-corrected chi connectivity index (χ2v) is 2.97. The Labute approximate surface area is 82.2 Å². The summed E-state index contributed by atoms with van der Waals surface area (Å²) in [6.45, 7) is 3.77. The van der Waals surface area contributed by atoms with E-state index in [1.165, 1.54) is 0 Å². The molecule has 2 aromatic heterocycles. The molecule has 2 aromatic rings. The number of hydrogen-bond donors (Lipinski definition) is 2. The fourth-order valence-electron chi connectivity index (χ4n) is 1.32. The second kappa shape index (κ2) is 3.95. The lowest BCUT2D eigenvalue weighted by Gasteiger charge is -2.05. The largest absolute Gasteiger partial charge is 0.375 e. The summed E-state index contributed by atoms with van der Waals surface area (Å²) in [7, 11) is 0. The molecule has 0 bridgehead atoms. The molecule has 0 aliphatic heterocycles. The Balaban J connectivity index is 1.98. The lowest BCUT2D eigenvalue weighted by molar-refractivity contribution is 0.708. The third-order valence-corrected chi connectivity index (χ3v) is 2.09. The smallest absolute Gasteiger partial charge is 0.128 e. The molecule has 0 saturated heterocycles. The number of H-pyrrole nitrogens is 1. The first-order valence-corrected chi connectivity index (χ1v) is 4.63. The number of nitrogens with one attached hydrogen (secondary N) is 2. The van der Waals surface area contributed by atoms with Gasteiger partial charge in [-0.2, -0.15) is 5.10 Å². The summed E-state index contributed by atoms with van der Waals surface area (Å²) >= 11 is 0. The predicted octanol–water partition coefficient (Wildman–Crippen LogP) is 1.24. The van der Waals surface area contributed by atoms with E-state index in [9.17, 15) is 0 Å². The predicted molar refractivity (Wildman–Crippen MR) is 53.8 cm³/mol. The number of imidazole rings is 1. The van der Waals surface area contributed by atoms with Crippen LogP contribution in [0.15, 0.2) is 24.8 Å². The third-order valence-electron chi connectivity index (χ3n) is 2.09. The van der Waals surface area contributed by atoms with E-state index in [0.717, 1.165) is 24.6 Å². The normalized spacial score (nSPS) is 10.4. The summed E-state index contributed by atoms with van der Waals surface area (Å²) in [5, 5.41) is 9.82. The highest BCUT2D eigenvalue weighted by molar-refractivity contribution is 5.37. The maximum atomic E-state index is 4.26. The molecule has 0 unspecified atom stereocenters. The highest BCUT2D eigenvalue weighted by atomic mass is 15.1. The van der Waals surface area contributed by atoms with Crippen molar-refractivity contribution in [2.45, 2.75) is 20.0 Å². The summed E-state index contributed by atoms with van der Waals surface area (Å²) in [6, 6.07) is 0. The fraction of sp³-hybridized carbons (Fsp3) is 0.333. The van der Waals surface area contributed by atoms with E-state index in [1.54, 1.807) is 6.20 Å². The minimum atomic E-state index is 0.723. The number of aromatic nitrogens is 4. The summed E-state index contributed by atoms with van der Waals surface area (Å²) in [5.41, 5.74) is 0.982. The molecule has 0 aliphatic rings. The summed E-state index contributed by atoms with van der Waals surface area (Å²) in [5.74, 6) is 1.04. The van der Waals surface area contributed by atoms with Gasteiger partial charge in [0, 0.05) is 25.1 Å². The van der Waals surface area contributed by atoms with Crippen molar-refractivity contribution in [2.75, 3.05) is 5.32 Å². The molecule has 0 fully saturated rings. The molecule has 74 valence electrons. The third kappa shape index (κ3) is 1.76. The fourth-order valence-corrected chi connectivity index (χ4v) is 1.32. The molecule has 0 radical (unpaired) electrons. The van der Waals surface area contributed by atoms with Crippen LogP contribution < -0.4 is 5.32 Å². The average Bonchev–Trinajstić information content (AvgIpc) is 2.85. The monoisotopic (exact) mass is 191 g/mol. The highest BCUT2D eigenvalue weighted by Gasteiger charge is 2.00. The Bertz CT molecular complexity index is 376. The van der Waals surface area contributed by atoms with Crippen LogP contribution in [0.5, 0.6) is 0 Å². The lowest BCUT2D eigenvalue weighted by atomic mass is 10.5. The van der Waals surface area contributed by atoms with E-state index < -0.39 is 0 Å². The van der Waals surface area contributed by atoms with Gasteiger partial charge in [0.05, 0.1) is 18.4 Å². The van der Waals surface area contributed by atoms with E-state index in [4.69, 9.17) is 0 Å². The quantitative estimate of drug-likeness (QED) is 0.764. The van der Waals surface area contributed by atoms with Gasteiger partial charge >= 0.3 is 0 Å². The topological polar surface area (TPSA) is 58.5 Å². The molecule has 5 nitrogen and oxygen atoms in total. The molecule has 0 saturated carbocycles. The van der Waals surface area contributed by atoms with Crippen LogP contribution in [0, 0.1) is 0 Å². The molecule has 14 heavy (non-hydrogen) atoms. The minimum Gasteiger partial charge on any atom is -0.375 e. The van der Waals surface area contributed by atoms with Gasteiger partial charge in [0.1, 0.15) is 5.82 Å². The maximum Gasteiger partial charge on any atom is 0.128 e. The first-order valence-electron chi connectivity index (χ1n) is 4.63. The van der Waals surface area contributed by atoms with Gasteiger partial charge in [0.2, 0.25) is 0 Å². The van der Waals surface area contributed by atoms with Crippen molar-refractivity contribution in [3.8, 4) is 0 Å². The van der Waals surface area contributed by atoms with Crippen LogP contribution in [-0.2, 0) is 13.1 Å². The van der Waals surface area contributed by atoms with Crippen molar-refractivity contribution in [2.24, 2.45) is 0 Å². The molecule has 2 N–H and O–H groups in total. The highest BCUT2D eigenvalue weighted by Crippen LogP contribution is 2.04. The van der Waals surface area contributed by atoms with Crippen molar-refractivity contribution < 1.29 is 0 Å². The molecular weight excluding hydrogens is 178 g/mol. The Hall–Kier alpha value is -1.78. The number of aromatic amines is 1. The Morgan fingerprint density at radius 1 is 1.57 bits per heavy atom. The molecule has 0 atom stereocenters. The van der Waals surface area contributed by atoms with Gasteiger partial charge in [0.25, 0.3) is 0 Å². The van der Waals surface area contributed by atoms with Crippen molar-refractivity contribution in [1.82, 2.24) is 19.7 Å². The van der Waals surface area contributed by atoms with Crippen molar-refractivity contribution in [3.05, 3.63) is 30.6 Å². The van der Waals surface area contributed by atoms with E-state index >= 15 is 0 Å². The first-order chi connectivity index (χ1) is 6.90. The van der Waals surface area contributed by atoms with Crippen LogP contribution in [0.4, 0.5) is 5.69 Å². The lowest BCUT2D eigenvalue weighted by Crippen LogP contribution is -2.06. The van der Waals surface area contributed by atoms with Gasteiger partial charge in [-0.15, -0.1) is 0 Å². The zero-order chi connectivity index (χ0) is 9.80. The van der Waals surface area contributed by atoms with Crippen molar-refractivity contribution in [3.63, 3.8) is 0 Å². The van der Waals surface area contributed by atoms with E-state index in [0.29, 0.717) is 0 Å². The standard InChI is InChI=1S/C9H13N5/c1-2-14-4-3-10-9(14)7-11-8-5-12-13-6-8/h3-6,11H,2,7H2,1H3,(H,12,13). The maximum absolute atomic E-state index is 4.26. The Morgan fingerprint density at radius 3 is 3.21 bits per heavy atom. The van der Waals surface area contributed by atoms with Crippen LogP contribution in [0.3, 0.4) is 0 Å². The summed E-state index contributed by atoms with van der Waals surface area (Å²) in [4.78, 5) is 4.26. The molecule has 2 heterocycles. The molecule has 0 aromatic carbocycles. The Morgan fingerprint density at radius 2 is 2.50 bits per heavy atom. The zero-order valence-corrected chi connectivity index (χ0v) is 8.07. The summed E-state index contributed by atoms with van der Waals surface area (Å²) < 4.78 is 2.10. The van der Waals surface area contributed by atoms with Crippen molar-refractivity contribution in [1.29, 1.82) is 0 Å². The zero-order valence-electron chi connectivity index (χ0n) is 8.07. The number of rotatable bonds is 4. The van der Waals surface area contributed by atoms with Gasteiger partial charge in [-0.3, -0.25) is 5.10 Å². The first kappa shape index (κ1) is 8.80. The average molecular weight is 191 g/mol. The van der Waals surface area contributed by atoms with Crippen LogP contribution >= 0.6 is 0 Å². The number of aryl methyl sites for hydroxylation is 1. The molecule has 0 amide bonds. The minimum absolute atomic E-state index is 0.723. The SMILES string of the molecule is CCn1ccnc1CNc1cn[nH]c1. The van der Waals surface area contributed by atoms with E-state index in [2.05, 4.69) is 32.0 Å². The molecule has 5 heteroatoms. The summed E-state index contributed by atoms with van der Waals surface area (Å²) in [6.07, 6.45) is 7.36. The van der Waals surface area contributed by atoms with Gasteiger partial charge in [-0.05, 0) is 6.92 Å². The number of anilines is 1. The molecule has 0 aliphatic carbocycles. The van der Waals surface area contributed by atoms with Crippen molar-refractivity contribution >= 4 is 5.69 Å². The number of nitrogens with zero attached hydrogens (tertiary/aromatic N) is 3. The molecule has 2 rings (SSSR count). The van der Waals surface area contributed by atoms with Crippen LogP contribution in [-0.4, -0.2) is 19.7 Å².